The number of aromatic nitrogens is 2. The Bertz CT molecular complexity index is 1110. The molecule has 2 aliphatic heterocycles. The fourth-order valence-corrected chi connectivity index (χ4v) is 4.60. The summed E-state index contributed by atoms with van der Waals surface area (Å²) in [6, 6.07) is 7.60. The Morgan fingerprint density at radius 3 is 2.60 bits per heavy atom. The van der Waals surface area contributed by atoms with Crippen molar-refractivity contribution in [2.24, 2.45) is 10.7 Å². The smallest absolute Gasteiger partial charge is 0.475 e. The van der Waals surface area contributed by atoms with E-state index >= 15 is 0 Å². The van der Waals surface area contributed by atoms with Crippen LogP contribution in [0.3, 0.4) is 0 Å². The minimum Gasteiger partial charge on any atom is -0.475 e. The number of alkyl halides is 3. The van der Waals surface area contributed by atoms with E-state index in [0.29, 0.717) is 11.6 Å². The molecule has 0 radical (unpaired) electrons. The predicted octanol–water partition coefficient (Wildman–Crippen LogP) is 3.69. The van der Waals surface area contributed by atoms with Crippen molar-refractivity contribution in [1.82, 2.24) is 15.1 Å². The lowest BCUT2D eigenvalue weighted by atomic mass is 9.85. The highest BCUT2D eigenvalue weighted by Gasteiger charge is 2.42. The van der Waals surface area contributed by atoms with E-state index in [1.165, 1.54) is 0 Å². The topological polar surface area (TPSA) is 134 Å². The van der Waals surface area contributed by atoms with Gasteiger partial charge in [-0.3, -0.25) is 14.8 Å². The van der Waals surface area contributed by atoms with Crippen molar-refractivity contribution < 1.29 is 32.6 Å². The van der Waals surface area contributed by atoms with Crippen molar-refractivity contribution in [2.45, 2.75) is 57.0 Å². The van der Waals surface area contributed by atoms with E-state index in [2.05, 4.69) is 10.2 Å². The van der Waals surface area contributed by atoms with Gasteiger partial charge in [-0.1, -0.05) is 29.8 Å². The number of aliphatic imine (C=N–C) groups is 1. The first-order chi connectivity index (χ1) is 16.3. The number of aliphatic carboxylic acids is 1. The van der Waals surface area contributed by atoms with Crippen LogP contribution in [0.5, 0.6) is 0 Å². The van der Waals surface area contributed by atoms with E-state index in [1.54, 1.807) is 11.1 Å². The summed E-state index contributed by atoms with van der Waals surface area (Å²) in [5, 5.41) is 14.6. The van der Waals surface area contributed by atoms with Gasteiger partial charge in [-0.2, -0.15) is 18.3 Å². The Balaban J connectivity index is 0.000000429. The molecule has 3 atom stereocenters. The summed E-state index contributed by atoms with van der Waals surface area (Å²) >= 11 is 6.72. The molecule has 1 fully saturated rings. The molecule has 35 heavy (non-hydrogen) atoms. The normalized spacial score (nSPS) is 24.9. The highest BCUT2D eigenvalue weighted by molar-refractivity contribution is 6.34. The van der Waals surface area contributed by atoms with Crippen LogP contribution < -0.4 is 5.73 Å². The average Bonchev–Trinajstić information content (AvgIpc) is 3.27. The van der Waals surface area contributed by atoms with Crippen molar-refractivity contribution in [2.75, 3.05) is 6.61 Å². The van der Waals surface area contributed by atoms with E-state index in [-0.39, 0.29) is 30.4 Å². The number of rotatable bonds is 3. The molecule has 4 N–H and O–H groups in total. The molecule has 0 spiro atoms. The first-order valence-electron chi connectivity index (χ1n) is 10.7. The van der Waals surface area contributed by atoms with Gasteiger partial charge in [0.25, 0.3) is 0 Å². The van der Waals surface area contributed by atoms with Crippen LogP contribution in [-0.2, 0) is 19.9 Å². The van der Waals surface area contributed by atoms with Gasteiger partial charge in [-0.25, -0.2) is 9.79 Å². The molecule has 1 aromatic carbocycles. The number of ether oxygens (including phenoxy) is 1. The van der Waals surface area contributed by atoms with Crippen molar-refractivity contribution in [3.63, 3.8) is 0 Å². The number of guanidine groups is 1. The number of amides is 1. The number of nitrogens with zero attached hydrogens (tertiary/aromatic N) is 3. The molecule has 4 rings (SSSR count). The van der Waals surface area contributed by atoms with Crippen molar-refractivity contribution in [1.29, 1.82) is 0 Å². The van der Waals surface area contributed by atoms with E-state index in [4.69, 9.17) is 37.0 Å². The molecule has 0 bridgehead atoms. The van der Waals surface area contributed by atoms with E-state index < -0.39 is 17.7 Å². The molecule has 1 aromatic heterocycles. The second-order valence-corrected chi connectivity index (χ2v) is 8.86. The third-order valence-electron chi connectivity index (χ3n) is 5.81. The van der Waals surface area contributed by atoms with Gasteiger partial charge in [0, 0.05) is 24.4 Å². The van der Waals surface area contributed by atoms with Gasteiger partial charge >= 0.3 is 12.1 Å². The number of H-pyrrole nitrogens is 1. The minimum absolute atomic E-state index is 0.0244. The summed E-state index contributed by atoms with van der Waals surface area (Å²) in [4.78, 5) is 28.4. The number of carboxylic acid groups (broad SMARTS) is 1. The maximum Gasteiger partial charge on any atom is 0.490 e. The van der Waals surface area contributed by atoms with Gasteiger partial charge in [-0.05, 0) is 38.3 Å². The fraction of sp³-hybridized carbons (Fsp3) is 0.455. The molecule has 2 aromatic rings. The van der Waals surface area contributed by atoms with Crippen LogP contribution in [0.25, 0.3) is 11.3 Å². The lowest BCUT2D eigenvalue weighted by Crippen LogP contribution is -2.56. The Hall–Kier alpha value is -3.12. The zero-order valence-electron chi connectivity index (χ0n) is 19.0. The fourth-order valence-electron chi connectivity index (χ4n) is 4.17. The number of benzene rings is 1. The van der Waals surface area contributed by atoms with Crippen LogP contribution in [0.2, 0.25) is 5.02 Å². The van der Waals surface area contributed by atoms with Gasteiger partial charge in [-0.15, -0.1) is 0 Å². The first-order valence-corrected chi connectivity index (χ1v) is 11.1. The third-order valence-corrected chi connectivity index (χ3v) is 6.21. The largest absolute Gasteiger partial charge is 0.490 e. The van der Waals surface area contributed by atoms with Gasteiger partial charge < -0.3 is 15.6 Å². The van der Waals surface area contributed by atoms with Crippen LogP contribution in [0, 0.1) is 0 Å². The van der Waals surface area contributed by atoms with E-state index in [9.17, 15) is 18.0 Å². The molecule has 3 heterocycles. The van der Waals surface area contributed by atoms with Crippen LogP contribution >= 0.6 is 11.6 Å². The van der Waals surface area contributed by atoms with Crippen molar-refractivity contribution in [3.8, 4) is 11.3 Å². The molecule has 0 unspecified atom stereocenters. The number of nitrogens with two attached hydrogens (primary N) is 1. The molecule has 13 heteroatoms. The molecule has 1 saturated heterocycles. The molecular formula is C22H25ClF3N5O4. The van der Waals surface area contributed by atoms with E-state index in [0.717, 1.165) is 29.7 Å². The van der Waals surface area contributed by atoms with Gasteiger partial charge in [0.05, 0.1) is 28.8 Å². The summed E-state index contributed by atoms with van der Waals surface area (Å²) in [5.74, 6) is -2.54. The van der Waals surface area contributed by atoms with Crippen LogP contribution in [0.15, 0.2) is 35.5 Å². The predicted molar refractivity (Wildman–Crippen MR) is 122 cm³/mol. The zero-order valence-corrected chi connectivity index (χ0v) is 19.7. The Morgan fingerprint density at radius 1 is 1.37 bits per heavy atom. The molecular weight excluding hydrogens is 491 g/mol. The minimum atomic E-state index is -5.08. The number of hydrogen-bond donors (Lipinski definition) is 3. The number of carbonyl (C=O) groups excluding carboxylic acids is 1. The first kappa shape index (κ1) is 26.5. The number of carbonyl (C=O) groups is 2. The summed E-state index contributed by atoms with van der Waals surface area (Å²) < 4.78 is 37.3. The lowest BCUT2D eigenvalue weighted by Gasteiger charge is -2.41. The summed E-state index contributed by atoms with van der Waals surface area (Å²) in [6.07, 6.45) is -1.57. The SMILES string of the molecule is C[C@H]1C[C@@H](N2C(=O)C[C@@](C)(c3cccc(-c4ccn[nH]4)c3Cl)N=C2N)CCO1.O=C(O)C(F)(F)F. The number of carboxylic acids is 1. The van der Waals surface area contributed by atoms with Crippen LogP contribution in [0.1, 0.15) is 38.7 Å². The average molecular weight is 516 g/mol. The molecule has 0 aliphatic carbocycles. The number of nitrogens with one attached hydrogen (secondary N) is 1. The lowest BCUT2D eigenvalue weighted by molar-refractivity contribution is -0.192. The number of halogens is 4. The third kappa shape index (κ3) is 5.93. The van der Waals surface area contributed by atoms with Crippen molar-refractivity contribution in [3.05, 3.63) is 41.0 Å². The quantitative estimate of drug-likeness (QED) is 0.570. The summed E-state index contributed by atoms with van der Waals surface area (Å²) in [5.41, 5.74) is 7.89. The molecule has 190 valence electrons. The Morgan fingerprint density at radius 2 is 2.06 bits per heavy atom. The van der Waals surface area contributed by atoms with Gasteiger partial charge in [0.15, 0.2) is 5.96 Å². The highest BCUT2D eigenvalue weighted by atomic mass is 35.5. The number of hydrogen-bond acceptors (Lipinski definition) is 6. The maximum absolute atomic E-state index is 13.1. The zero-order chi connectivity index (χ0) is 26.0. The monoisotopic (exact) mass is 515 g/mol. The van der Waals surface area contributed by atoms with E-state index in [1.807, 2.05) is 38.1 Å². The molecule has 2 aliphatic rings. The van der Waals surface area contributed by atoms with Gasteiger partial charge in [0.1, 0.15) is 0 Å². The van der Waals surface area contributed by atoms with Gasteiger partial charge in [0.2, 0.25) is 5.91 Å². The second kappa shape index (κ2) is 10.2. The molecule has 9 nitrogen and oxygen atoms in total. The van der Waals surface area contributed by atoms with Crippen LogP contribution in [0.4, 0.5) is 13.2 Å². The van der Waals surface area contributed by atoms with Crippen LogP contribution in [-0.4, -0.2) is 63.0 Å². The number of aromatic amines is 1. The maximum atomic E-state index is 13.1. The highest BCUT2D eigenvalue weighted by Crippen LogP contribution is 2.41. The standard InChI is InChI=1S/C20H24ClN5O2.C2HF3O2/c1-12-10-13(7-9-28-12)26-17(27)11-20(2,24-19(26)22)15-5-3-4-14(18(15)21)16-6-8-23-25-16;3-2(4,5)1(6)7/h3-6,8,12-13H,7,9-11H2,1-2H3,(H2,22,24)(H,23,25);(H,6,7)/t12-,13-,20-;/m0./s1. The Kier molecular flexibility index (Phi) is 7.75. The summed E-state index contributed by atoms with van der Waals surface area (Å²) in [7, 11) is 0. The Labute approximate surface area is 204 Å². The van der Waals surface area contributed by atoms with Crippen molar-refractivity contribution >= 4 is 29.4 Å². The second-order valence-electron chi connectivity index (χ2n) is 8.48. The summed E-state index contributed by atoms with van der Waals surface area (Å²) in [6.45, 7) is 4.54. The molecule has 1 amide bonds. The molecule has 0 saturated carbocycles.